The van der Waals surface area contributed by atoms with E-state index in [4.69, 9.17) is 21.1 Å². The van der Waals surface area contributed by atoms with Crippen LogP contribution in [0, 0.1) is 6.92 Å². The normalized spacial score (nSPS) is 12.1. The molecule has 0 amide bonds. The van der Waals surface area contributed by atoms with Gasteiger partial charge in [-0.2, -0.15) is 0 Å². The smallest absolute Gasteiger partial charge is 0.133 e. The summed E-state index contributed by atoms with van der Waals surface area (Å²) in [7, 11) is 3.26. The van der Waals surface area contributed by atoms with E-state index in [-0.39, 0.29) is 5.38 Å². The maximum Gasteiger partial charge on any atom is 0.133 e. The van der Waals surface area contributed by atoms with E-state index in [2.05, 4.69) is 31.9 Å². The second kappa shape index (κ2) is 7.03. The number of hydrogen-bond donors (Lipinski definition) is 0. The van der Waals surface area contributed by atoms with Crippen molar-refractivity contribution < 1.29 is 9.47 Å². The Morgan fingerprint density at radius 1 is 0.952 bits per heavy atom. The lowest BCUT2D eigenvalue weighted by Crippen LogP contribution is -2.01. The molecular formula is C16H15Br2ClO2. The van der Waals surface area contributed by atoms with Gasteiger partial charge in [0.25, 0.3) is 0 Å². The highest BCUT2D eigenvalue weighted by atomic mass is 79.9. The summed E-state index contributed by atoms with van der Waals surface area (Å²) in [4.78, 5) is 0. The van der Waals surface area contributed by atoms with Crippen molar-refractivity contribution in [3.8, 4) is 11.5 Å². The molecule has 0 saturated carbocycles. The van der Waals surface area contributed by atoms with Gasteiger partial charge < -0.3 is 9.47 Å². The molecule has 0 fully saturated rings. The fourth-order valence-electron chi connectivity index (χ4n) is 2.15. The van der Waals surface area contributed by atoms with Gasteiger partial charge in [-0.05, 0) is 52.2 Å². The van der Waals surface area contributed by atoms with Crippen molar-refractivity contribution in [2.24, 2.45) is 0 Å². The summed E-state index contributed by atoms with van der Waals surface area (Å²) >= 11 is 13.7. The molecule has 0 aliphatic carbocycles. The Hall–Kier alpha value is -0.710. The van der Waals surface area contributed by atoms with Crippen LogP contribution in [0.25, 0.3) is 0 Å². The lowest BCUT2D eigenvalue weighted by atomic mass is 9.99. The van der Waals surface area contributed by atoms with E-state index in [9.17, 15) is 0 Å². The SMILES string of the molecule is COc1cc(C(Cl)c2cccc(Br)c2C)c(OC)cc1Br. The Bertz CT molecular complexity index is 659. The lowest BCUT2D eigenvalue weighted by molar-refractivity contribution is 0.397. The summed E-state index contributed by atoms with van der Waals surface area (Å²) in [5, 5.41) is -0.320. The number of benzene rings is 2. The highest BCUT2D eigenvalue weighted by molar-refractivity contribution is 9.10. The Balaban J connectivity index is 2.56. The molecule has 0 radical (unpaired) electrons. The maximum atomic E-state index is 6.70. The molecule has 0 aliphatic rings. The quantitative estimate of drug-likeness (QED) is 0.561. The van der Waals surface area contributed by atoms with Crippen LogP contribution < -0.4 is 9.47 Å². The van der Waals surface area contributed by atoms with Crippen LogP contribution in [0.1, 0.15) is 22.1 Å². The minimum atomic E-state index is -0.320. The van der Waals surface area contributed by atoms with Gasteiger partial charge in [0.2, 0.25) is 0 Å². The molecule has 5 heteroatoms. The van der Waals surface area contributed by atoms with Gasteiger partial charge in [0, 0.05) is 10.0 Å². The van der Waals surface area contributed by atoms with Crippen LogP contribution in [0.15, 0.2) is 39.3 Å². The third kappa shape index (κ3) is 3.38. The van der Waals surface area contributed by atoms with Crippen molar-refractivity contribution in [1.29, 1.82) is 0 Å². The van der Waals surface area contributed by atoms with Gasteiger partial charge in [0.1, 0.15) is 11.5 Å². The highest BCUT2D eigenvalue weighted by Gasteiger charge is 2.20. The van der Waals surface area contributed by atoms with E-state index >= 15 is 0 Å². The van der Waals surface area contributed by atoms with Crippen LogP contribution in [-0.4, -0.2) is 14.2 Å². The fourth-order valence-corrected chi connectivity index (χ4v) is 3.42. The summed E-state index contributed by atoms with van der Waals surface area (Å²) in [5.74, 6) is 1.45. The second-order valence-electron chi connectivity index (χ2n) is 4.55. The van der Waals surface area contributed by atoms with Gasteiger partial charge in [-0.3, -0.25) is 0 Å². The van der Waals surface area contributed by atoms with E-state index in [0.29, 0.717) is 0 Å². The van der Waals surface area contributed by atoms with Crippen molar-refractivity contribution in [1.82, 2.24) is 0 Å². The molecule has 0 heterocycles. The topological polar surface area (TPSA) is 18.5 Å². The number of rotatable bonds is 4. The first-order valence-corrected chi connectivity index (χ1v) is 8.32. The molecule has 0 bridgehead atoms. The first-order chi connectivity index (χ1) is 9.99. The Morgan fingerprint density at radius 3 is 2.24 bits per heavy atom. The van der Waals surface area contributed by atoms with E-state index in [0.717, 1.165) is 37.1 Å². The standard InChI is InChI=1S/C16H15Br2ClO2/c1-9-10(5-4-6-12(9)17)16(19)11-7-15(21-3)13(18)8-14(11)20-2/h4-8,16H,1-3H3. The first kappa shape index (κ1) is 16.7. The number of hydrogen-bond acceptors (Lipinski definition) is 2. The molecule has 2 rings (SSSR count). The van der Waals surface area contributed by atoms with Gasteiger partial charge in [0.15, 0.2) is 0 Å². The lowest BCUT2D eigenvalue weighted by Gasteiger charge is -2.18. The van der Waals surface area contributed by atoms with Gasteiger partial charge in [0.05, 0.1) is 24.1 Å². The Labute approximate surface area is 146 Å². The summed E-state index contributed by atoms with van der Waals surface area (Å²) in [6.07, 6.45) is 0. The van der Waals surface area contributed by atoms with E-state index in [1.807, 2.05) is 37.3 Å². The third-order valence-corrected chi connectivity index (χ3v) is 5.31. The largest absolute Gasteiger partial charge is 0.496 e. The van der Waals surface area contributed by atoms with Crippen LogP contribution in [0.4, 0.5) is 0 Å². The Kier molecular flexibility index (Phi) is 5.58. The van der Waals surface area contributed by atoms with Crippen LogP contribution in [-0.2, 0) is 0 Å². The second-order valence-corrected chi connectivity index (χ2v) is 6.69. The first-order valence-electron chi connectivity index (χ1n) is 6.30. The van der Waals surface area contributed by atoms with Crippen LogP contribution >= 0.6 is 43.5 Å². The zero-order valence-corrected chi connectivity index (χ0v) is 15.8. The van der Waals surface area contributed by atoms with Gasteiger partial charge >= 0.3 is 0 Å². The summed E-state index contributed by atoms with van der Waals surface area (Å²) < 4.78 is 12.7. The molecule has 0 aliphatic heterocycles. The predicted octanol–water partition coefficient (Wildman–Crippen LogP) is 5.87. The molecule has 0 N–H and O–H groups in total. The predicted molar refractivity (Wildman–Crippen MR) is 93.8 cm³/mol. The summed E-state index contributed by atoms with van der Waals surface area (Å²) in [6.45, 7) is 2.04. The van der Waals surface area contributed by atoms with Crippen LogP contribution in [0.2, 0.25) is 0 Å². The fraction of sp³-hybridized carbons (Fsp3) is 0.250. The zero-order valence-electron chi connectivity index (χ0n) is 11.9. The number of alkyl halides is 1. The molecule has 2 aromatic rings. The molecular weight excluding hydrogens is 419 g/mol. The average molecular weight is 435 g/mol. The van der Waals surface area contributed by atoms with E-state index in [1.54, 1.807) is 14.2 Å². The molecule has 1 atom stereocenters. The van der Waals surface area contributed by atoms with Gasteiger partial charge in [-0.1, -0.05) is 28.1 Å². The molecule has 2 nitrogen and oxygen atoms in total. The minimum Gasteiger partial charge on any atom is -0.496 e. The summed E-state index contributed by atoms with van der Waals surface area (Å²) in [5.41, 5.74) is 3.02. The van der Waals surface area contributed by atoms with Crippen molar-refractivity contribution in [3.63, 3.8) is 0 Å². The van der Waals surface area contributed by atoms with Crippen LogP contribution in [0.5, 0.6) is 11.5 Å². The molecule has 112 valence electrons. The maximum absolute atomic E-state index is 6.70. The third-order valence-electron chi connectivity index (χ3n) is 3.36. The Morgan fingerprint density at radius 2 is 1.62 bits per heavy atom. The van der Waals surface area contributed by atoms with E-state index < -0.39 is 0 Å². The molecule has 0 saturated heterocycles. The number of methoxy groups -OCH3 is 2. The van der Waals surface area contributed by atoms with Crippen molar-refractivity contribution in [3.05, 3.63) is 56.0 Å². The molecule has 21 heavy (non-hydrogen) atoms. The van der Waals surface area contributed by atoms with Gasteiger partial charge in [-0.15, -0.1) is 11.6 Å². The average Bonchev–Trinajstić information content (AvgIpc) is 2.49. The van der Waals surface area contributed by atoms with Crippen molar-refractivity contribution >= 4 is 43.5 Å². The van der Waals surface area contributed by atoms with E-state index in [1.165, 1.54) is 0 Å². The zero-order chi connectivity index (χ0) is 15.6. The number of ether oxygens (including phenoxy) is 2. The highest BCUT2D eigenvalue weighted by Crippen LogP contribution is 2.42. The molecule has 0 aromatic heterocycles. The molecule has 1 unspecified atom stereocenters. The van der Waals surface area contributed by atoms with Gasteiger partial charge in [-0.25, -0.2) is 0 Å². The molecule has 2 aromatic carbocycles. The van der Waals surface area contributed by atoms with Crippen LogP contribution in [0.3, 0.4) is 0 Å². The van der Waals surface area contributed by atoms with Crippen molar-refractivity contribution in [2.45, 2.75) is 12.3 Å². The van der Waals surface area contributed by atoms with Crippen molar-refractivity contribution in [2.75, 3.05) is 14.2 Å². The molecule has 0 spiro atoms. The monoisotopic (exact) mass is 432 g/mol. The minimum absolute atomic E-state index is 0.320. The summed E-state index contributed by atoms with van der Waals surface area (Å²) in [6, 6.07) is 9.77. The number of halogens is 3.